The average Bonchev–Trinajstić information content (AvgIpc) is 1.88. The van der Waals surface area contributed by atoms with Crippen LogP contribution in [-0.4, -0.2) is 25.5 Å². The van der Waals surface area contributed by atoms with Gasteiger partial charge in [-0.05, 0) is 32.0 Å². The number of hydrogen-bond acceptors (Lipinski definition) is 2. The van der Waals surface area contributed by atoms with Gasteiger partial charge >= 0.3 is 0 Å². The zero-order chi connectivity index (χ0) is 7.61. The molecule has 0 aromatic heterocycles. The van der Waals surface area contributed by atoms with E-state index in [-0.39, 0.29) is 0 Å². The summed E-state index contributed by atoms with van der Waals surface area (Å²) < 4.78 is 11.5. The van der Waals surface area contributed by atoms with Crippen LogP contribution in [0.25, 0.3) is 0 Å². The highest BCUT2D eigenvalue weighted by Crippen LogP contribution is 2.47. The van der Waals surface area contributed by atoms with Crippen LogP contribution in [0.1, 0.15) is 12.8 Å². The zero-order valence-corrected chi connectivity index (χ0v) is 7.44. The van der Waals surface area contributed by atoms with Crippen molar-refractivity contribution in [1.29, 1.82) is 0 Å². The van der Waals surface area contributed by atoms with E-state index in [1.807, 2.05) is 6.66 Å². The molecular weight excluding hydrogens is 145 g/mol. The summed E-state index contributed by atoms with van der Waals surface area (Å²) in [6, 6.07) is 0. The van der Waals surface area contributed by atoms with Gasteiger partial charge in [0.1, 0.15) is 0 Å². The Labute approximate surface area is 62.6 Å². The van der Waals surface area contributed by atoms with Crippen molar-refractivity contribution in [3.63, 3.8) is 0 Å². The summed E-state index contributed by atoms with van der Waals surface area (Å²) in [5.41, 5.74) is 5.50. The summed E-state index contributed by atoms with van der Waals surface area (Å²) in [6.07, 6.45) is 4.03. The van der Waals surface area contributed by atoms with Gasteiger partial charge in [0.2, 0.25) is 0 Å². The minimum absolute atomic E-state index is 0.655. The molecule has 0 unspecified atom stereocenters. The van der Waals surface area contributed by atoms with Crippen molar-refractivity contribution >= 4 is 7.14 Å². The number of hydrogen-bond donors (Lipinski definition) is 1. The normalized spacial score (nSPS) is 41.6. The fraction of sp³-hybridized carbons (Fsp3) is 1.00. The number of rotatable bonds is 1. The Balaban J connectivity index is 2.38. The highest BCUT2D eigenvalue weighted by molar-refractivity contribution is 7.63. The third-order valence-corrected chi connectivity index (χ3v) is 4.76. The van der Waals surface area contributed by atoms with E-state index in [0.29, 0.717) is 5.92 Å². The van der Waals surface area contributed by atoms with Gasteiger partial charge in [-0.1, -0.05) is 0 Å². The molecule has 60 valence electrons. The molecule has 0 atom stereocenters. The molecule has 0 spiro atoms. The lowest BCUT2D eigenvalue weighted by Crippen LogP contribution is -2.21. The molecule has 1 aliphatic rings. The molecule has 1 fully saturated rings. The van der Waals surface area contributed by atoms with E-state index in [1.54, 1.807) is 0 Å². The largest absolute Gasteiger partial charge is 0.330 e. The molecule has 0 amide bonds. The van der Waals surface area contributed by atoms with Crippen molar-refractivity contribution in [2.45, 2.75) is 12.8 Å². The van der Waals surface area contributed by atoms with Crippen molar-refractivity contribution in [2.75, 3.05) is 25.5 Å². The average molecular weight is 161 g/mol. The van der Waals surface area contributed by atoms with E-state index >= 15 is 0 Å². The summed E-state index contributed by atoms with van der Waals surface area (Å²) in [6.45, 7) is 2.69. The SMILES string of the molecule is CP1(=O)CCC(CN)CC1. The van der Waals surface area contributed by atoms with Crippen LogP contribution in [0.15, 0.2) is 0 Å². The summed E-state index contributed by atoms with van der Waals surface area (Å²) in [7, 11) is -1.69. The molecule has 3 heteroatoms. The molecule has 0 aromatic carbocycles. The summed E-state index contributed by atoms with van der Waals surface area (Å²) in [5.74, 6) is 0.655. The van der Waals surface area contributed by atoms with E-state index in [4.69, 9.17) is 5.73 Å². The van der Waals surface area contributed by atoms with Gasteiger partial charge in [-0.15, -0.1) is 0 Å². The van der Waals surface area contributed by atoms with Crippen LogP contribution in [0, 0.1) is 5.92 Å². The van der Waals surface area contributed by atoms with Crippen LogP contribution in [0.3, 0.4) is 0 Å². The topological polar surface area (TPSA) is 43.1 Å². The minimum atomic E-state index is -1.69. The second-order valence-electron chi connectivity index (χ2n) is 3.42. The highest BCUT2D eigenvalue weighted by Gasteiger charge is 2.24. The van der Waals surface area contributed by atoms with Crippen LogP contribution in [-0.2, 0) is 4.57 Å². The molecule has 0 aliphatic carbocycles. The Morgan fingerprint density at radius 1 is 1.50 bits per heavy atom. The molecule has 10 heavy (non-hydrogen) atoms. The predicted molar refractivity (Wildman–Crippen MR) is 45.0 cm³/mol. The van der Waals surface area contributed by atoms with Crippen LogP contribution >= 0.6 is 7.14 Å². The lowest BCUT2D eigenvalue weighted by molar-refractivity contribution is 0.475. The van der Waals surface area contributed by atoms with Crippen molar-refractivity contribution < 1.29 is 4.57 Å². The van der Waals surface area contributed by atoms with Crippen molar-refractivity contribution in [3.8, 4) is 0 Å². The van der Waals surface area contributed by atoms with Crippen molar-refractivity contribution in [3.05, 3.63) is 0 Å². The number of nitrogens with two attached hydrogens (primary N) is 1. The maximum absolute atomic E-state index is 11.5. The monoisotopic (exact) mass is 161 g/mol. The summed E-state index contributed by atoms with van der Waals surface area (Å²) in [5, 5.41) is 0. The molecule has 0 aromatic rings. The van der Waals surface area contributed by atoms with Gasteiger partial charge < -0.3 is 10.3 Å². The quantitative estimate of drug-likeness (QED) is 0.590. The van der Waals surface area contributed by atoms with Crippen LogP contribution in [0.2, 0.25) is 0 Å². The molecule has 1 aliphatic heterocycles. The predicted octanol–water partition coefficient (Wildman–Crippen LogP) is 1.35. The van der Waals surface area contributed by atoms with Gasteiger partial charge in [0.15, 0.2) is 0 Å². The third-order valence-electron chi connectivity index (χ3n) is 2.35. The van der Waals surface area contributed by atoms with Crippen LogP contribution in [0.4, 0.5) is 0 Å². The summed E-state index contributed by atoms with van der Waals surface area (Å²) >= 11 is 0. The van der Waals surface area contributed by atoms with Gasteiger partial charge in [0.25, 0.3) is 0 Å². The van der Waals surface area contributed by atoms with Gasteiger partial charge in [-0.3, -0.25) is 0 Å². The molecule has 1 heterocycles. The zero-order valence-electron chi connectivity index (χ0n) is 6.55. The first-order chi connectivity index (χ1) is 4.64. The van der Waals surface area contributed by atoms with Crippen molar-refractivity contribution in [2.24, 2.45) is 11.7 Å². The molecule has 1 saturated heterocycles. The lowest BCUT2D eigenvalue weighted by atomic mass is 10.0. The van der Waals surface area contributed by atoms with Crippen LogP contribution < -0.4 is 5.73 Å². The molecule has 0 saturated carbocycles. The van der Waals surface area contributed by atoms with Gasteiger partial charge in [0, 0.05) is 12.3 Å². The van der Waals surface area contributed by atoms with E-state index in [2.05, 4.69) is 0 Å². The maximum Gasteiger partial charge on any atom is 0.0848 e. The van der Waals surface area contributed by atoms with E-state index in [9.17, 15) is 4.57 Å². The first-order valence-corrected chi connectivity index (χ1v) is 6.42. The van der Waals surface area contributed by atoms with Gasteiger partial charge in [0.05, 0.1) is 7.14 Å². The molecule has 2 N–H and O–H groups in total. The Hall–Kier alpha value is 0.190. The Kier molecular flexibility index (Phi) is 2.54. The lowest BCUT2D eigenvalue weighted by Gasteiger charge is -2.25. The van der Waals surface area contributed by atoms with Crippen molar-refractivity contribution in [1.82, 2.24) is 0 Å². The van der Waals surface area contributed by atoms with Gasteiger partial charge in [-0.2, -0.15) is 0 Å². The Bertz CT molecular complexity index is 146. The summed E-state index contributed by atoms with van der Waals surface area (Å²) in [4.78, 5) is 0. The molecule has 0 radical (unpaired) electrons. The Morgan fingerprint density at radius 3 is 2.40 bits per heavy atom. The van der Waals surface area contributed by atoms with Gasteiger partial charge in [-0.25, -0.2) is 0 Å². The standard InChI is InChI=1S/C7H16NOP/c1-10(9)4-2-7(6-8)3-5-10/h7H,2-6,8H2,1H3. The molecule has 1 rings (SSSR count). The van der Waals surface area contributed by atoms with E-state index in [1.165, 1.54) is 0 Å². The smallest absolute Gasteiger partial charge is 0.0848 e. The highest BCUT2D eigenvalue weighted by atomic mass is 31.2. The van der Waals surface area contributed by atoms with E-state index < -0.39 is 7.14 Å². The maximum atomic E-state index is 11.5. The molecular formula is C7H16NOP. The van der Waals surface area contributed by atoms with Crippen LogP contribution in [0.5, 0.6) is 0 Å². The second kappa shape index (κ2) is 3.06. The first kappa shape index (κ1) is 8.29. The first-order valence-electron chi connectivity index (χ1n) is 3.90. The third kappa shape index (κ3) is 2.10. The molecule has 2 nitrogen and oxygen atoms in total. The fourth-order valence-electron chi connectivity index (χ4n) is 1.40. The molecule has 0 bridgehead atoms. The minimum Gasteiger partial charge on any atom is -0.330 e. The Morgan fingerprint density at radius 2 is 2.00 bits per heavy atom. The second-order valence-corrected chi connectivity index (χ2v) is 6.91. The van der Waals surface area contributed by atoms with E-state index in [0.717, 1.165) is 31.7 Å². The fourth-order valence-corrected chi connectivity index (χ4v) is 3.45.